The van der Waals surface area contributed by atoms with Gasteiger partial charge in [-0.1, -0.05) is 66.7 Å². The van der Waals surface area contributed by atoms with E-state index in [1.165, 1.54) is 0 Å². The van der Waals surface area contributed by atoms with Crippen LogP contribution >= 0.6 is 0 Å². The van der Waals surface area contributed by atoms with Crippen molar-refractivity contribution in [1.82, 2.24) is 16.2 Å². The van der Waals surface area contributed by atoms with Gasteiger partial charge >= 0.3 is 12.2 Å². The first-order chi connectivity index (χ1) is 16.0. The molecule has 0 aromatic heterocycles. The van der Waals surface area contributed by atoms with E-state index in [2.05, 4.69) is 21.2 Å². The highest BCUT2D eigenvalue weighted by atomic mass is 16.6. The lowest BCUT2D eigenvalue weighted by Crippen LogP contribution is -2.49. The fraction of sp³-hybridized carbons (Fsp3) is 0.160. The molecule has 2 amide bonds. The van der Waals surface area contributed by atoms with Crippen LogP contribution in [0.4, 0.5) is 15.3 Å². The van der Waals surface area contributed by atoms with E-state index in [-0.39, 0.29) is 19.2 Å². The summed E-state index contributed by atoms with van der Waals surface area (Å²) < 4.78 is 10.4. The van der Waals surface area contributed by atoms with E-state index in [0.717, 1.165) is 22.3 Å². The molecule has 0 saturated carbocycles. The Hall–Kier alpha value is -4.33. The Morgan fingerprint density at radius 3 is 1.79 bits per heavy atom. The summed E-state index contributed by atoms with van der Waals surface area (Å²) in [5.41, 5.74) is 9.26. The first kappa shape index (κ1) is 23.3. The minimum atomic E-state index is -0.730. The van der Waals surface area contributed by atoms with E-state index in [0.29, 0.717) is 5.69 Å². The molecule has 33 heavy (non-hydrogen) atoms. The van der Waals surface area contributed by atoms with E-state index >= 15 is 0 Å². The number of hydrogen-bond acceptors (Lipinski definition) is 5. The Bertz CT molecular complexity index is 1080. The average Bonchev–Trinajstić information content (AvgIpc) is 2.80. The van der Waals surface area contributed by atoms with Gasteiger partial charge in [0.05, 0.1) is 5.69 Å². The van der Waals surface area contributed by atoms with Crippen molar-refractivity contribution >= 4 is 23.8 Å². The predicted molar refractivity (Wildman–Crippen MR) is 126 cm³/mol. The van der Waals surface area contributed by atoms with E-state index in [4.69, 9.17) is 9.47 Å². The van der Waals surface area contributed by atoms with Crippen molar-refractivity contribution in [3.63, 3.8) is 0 Å². The summed E-state index contributed by atoms with van der Waals surface area (Å²) >= 11 is 0. The summed E-state index contributed by atoms with van der Waals surface area (Å²) in [5.74, 6) is -0.0188. The SMILES string of the molecule is Cc1cc(C)cc(N=C(NNC(=O)OCc2ccccc2)NC(=O)OCc2ccccc2)c1. The molecule has 0 saturated heterocycles. The van der Waals surface area contributed by atoms with Crippen molar-refractivity contribution in [3.05, 3.63) is 101 Å². The third-order valence-electron chi connectivity index (χ3n) is 4.38. The van der Waals surface area contributed by atoms with Crippen LogP contribution in [0.3, 0.4) is 0 Å². The number of ether oxygens (including phenoxy) is 2. The first-order valence-corrected chi connectivity index (χ1v) is 10.4. The molecule has 3 N–H and O–H groups in total. The van der Waals surface area contributed by atoms with Gasteiger partial charge in [0.1, 0.15) is 13.2 Å². The number of amides is 2. The van der Waals surface area contributed by atoms with Crippen LogP contribution in [0.1, 0.15) is 22.3 Å². The van der Waals surface area contributed by atoms with Crippen LogP contribution in [0.2, 0.25) is 0 Å². The number of hydrazine groups is 1. The van der Waals surface area contributed by atoms with Crippen LogP contribution in [-0.2, 0) is 22.7 Å². The standard InChI is InChI=1S/C25H26N4O4/c1-18-13-19(2)15-22(14-18)26-23(27-24(30)32-16-20-9-5-3-6-10-20)28-29-25(31)33-17-21-11-7-4-8-12-21/h3-15H,16-17H2,1-2H3,(H,29,31)(H2,26,27,28,30). The number of nitrogens with one attached hydrogen (secondary N) is 3. The molecule has 3 aromatic carbocycles. The molecular formula is C25H26N4O4. The molecule has 0 fully saturated rings. The minimum Gasteiger partial charge on any atom is -0.444 e. The number of aryl methyl sites for hydroxylation is 2. The van der Waals surface area contributed by atoms with Gasteiger partial charge in [0.2, 0.25) is 5.96 Å². The van der Waals surface area contributed by atoms with E-state index in [1.807, 2.05) is 92.7 Å². The molecule has 3 aromatic rings. The molecule has 170 valence electrons. The number of guanidine groups is 1. The van der Waals surface area contributed by atoms with Crippen LogP contribution < -0.4 is 16.2 Å². The lowest BCUT2D eigenvalue weighted by molar-refractivity contribution is 0.136. The van der Waals surface area contributed by atoms with Gasteiger partial charge in [0, 0.05) is 0 Å². The molecule has 0 aliphatic rings. The average molecular weight is 447 g/mol. The lowest BCUT2D eigenvalue weighted by atomic mass is 10.1. The maximum Gasteiger partial charge on any atom is 0.426 e. The Morgan fingerprint density at radius 1 is 0.727 bits per heavy atom. The fourth-order valence-corrected chi connectivity index (χ4v) is 2.96. The third-order valence-corrected chi connectivity index (χ3v) is 4.38. The number of carbonyl (C=O) groups excluding carboxylic acids is 2. The van der Waals surface area contributed by atoms with Crippen LogP contribution in [0.5, 0.6) is 0 Å². The molecule has 0 aliphatic carbocycles. The van der Waals surface area contributed by atoms with Gasteiger partial charge in [-0.3, -0.25) is 10.7 Å². The second-order valence-electron chi connectivity index (χ2n) is 7.30. The van der Waals surface area contributed by atoms with Crippen LogP contribution in [0.25, 0.3) is 0 Å². The van der Waals surface area contributed by atoms with E-state index in [9.17, 15) is 9.59 Å². The van der Waals surface area contributed by atoms with Crippen LogP contribution in [0, 0.1) is 13.8 Å². The number of hydrogen-bond donors (Lipinski definition) is 3. The third kappa shape index (κ3) is 8.37. The molecule has 0 aliphatic heterocycles. The number of benzene rings is 3. The monoisotopic (exact) mass is 446 g/mol. The zero-order chi connectivity index (χ0) is 23.5. The maximum atomic E-state index is 12.3. The van der Waals surface area contributed by atoms with E-state index in [1.54, 1.807) is 0 Å². The van der Waals surface area contributed by atoms with Crippen LogP contribution in [0.15, 0.2) is 83.9 Å². The Kier molecular flexibility index (Phi) is 8.41. The number of carbonyl (C=O) groups is 2. The molecule has 3 rings (SSSR count). The summed E-state index contributed by atoms with van der Waals surface area (Å²) in [5, 5.41) is 2.51. The van der Waals surface area contributed by atoms with Gasteiger partial charge < -0.3 is 9.47 Å². The Morgan fingerprint density at radius 2 is 1.24 bits per heavy atom. The maximum absolute atomic E-state index is 12.3. The molecule has 8 nitrogen and oxygen atoms in total. The molecule has 0 atom stereocenters. The highest BCUT2D eigenvalue weighted by Gasteiger charge is 2.10. The Labute approximate surface area is 192 Å². The molecule has 0 spiro atoms. The van der Waals surface area contributed by atoms with Crippen molar-refractivity contribution in [2.75, 3.05) is 0 Å². The van der Waals surface area contributed by atoms with E-state index < -0.39 is 12.2 Å². The molecule has 0 unspecified atom stereocenters. The zero-order valence-electron chi connectivity index (χ0n) is 18.5. The minimum absolute atomic E-state index is 0.0188. The van der Waals surface area contributed by atoms with Crippen molar-refractivity contribution in [2.45, 2.75) is 27.1 Å². The number of rotatable bonds is 5. The van der Waals surface area contributed by atoms with Crippen molar-refractivity contribution < 1.29 is 19.1 Å². The second kappa shape index (κ2) is 11.9. The fourth-order valence-electron chi connectivity index (χ4n) is 2.96. The van der Waals surface area contributed by atoms with Gasteiger partial charge in [0.15, 0.2) is 0 Å². The highest BCUT2D eigenvalue weighted by Crippen LogP contribution is 2.16. The number of aliphatic imine (C=N–C) groups is 1. The summed E-state index contributed by atoms with van der Waals surface area (Å²) in [6, 6.07) is 24.3. The van der Waals surface area contributed by atoms with Gasteiger partial charge in [-0.25, -0.2) is 20.0 Å². The zero-order valence-corrected chi connectivity index (χ0v) is 18.5. The van der Waals surface area contributed by atoms with Gasteiger partial charge in [-0.15, -0.1) is 0 Å². The van der Waals surface area contributed by atoms with Gasteiger partial charge in [0.25, 0.3) is 0 Å². The predicted octanol–water partition coefficient (Wildman–Crippen LogP) is 4.65. The number of nitrogens with zero attached hydrogens (tertiary/aromatic N) is 1. The molecular weight excluding hydrogens is 420 g/mol. The lowest BCUT2D eigenvalue weighted by Gasteiger charge is -2.13. The largest absolute Gasteiger partial charge is 0.444 e. The Balaban J connectivity index is 1.62. The summed E-state index contributed by atoms with van der Waals surface area (Å²) in [6.45, 7) is 4.08. The smallest absolute Gasteiger partial charge is 0.426 e. The van der Waals surface area contributed by atoms with Crippen molar-refractivity contribution in [2.24, 2.45) is 4.99 Å². The molecule has 0 bridgehead atoms. The van der Waals surface area contributed by atoms with Crippen LogP contribution in [-0.4, -0.2) is 18.1 Å². The summed E-state index contributed by atoms with van der Waals surface area (Å²) in [7, 11) is 0. The quantitative estimate of drug-likeness (QED) is 0.301. The van der Waals surface area contributed by atoms with Crippen molar-refractivity contribution in [3.8, 4) is 0 Å². The molecule has 0 heterocycles. The molecule has 0 radical (unpaired) electrons. The second-order valence-corrected chi connectivity index (χ2v) is 7.30. The summed E-state index contributed by atoms with van der Waals surface area (Å²) in [6.07, 6.45) is -1.46. The summed E-state index contributed by atoms with van der Waals surface area (Å²) in [4.78, 5) is 28.8. The molecule has 8 heteroatoms. The van der Waals surface area contributed by atoms with Crippen molar-refractivity contribution in [1.29, 1.82) is 0 Å². The van der Waals surface area contributed by atoms with Gasteiger partial charge in [-0.2, -0.15) is 0 Å². The van der Waals surface area contributed by atoms with Gasteiger partial charge in [-0.05, 0) is 48.2 Å². The highest BCUT2D eigenvalue weighted by molar-refractivity contribution is 5.95. The topological polar surface area (TPSA) is 101 Å². The normalized spacial score (nSPS) is 10.8. The first-order valence-electron chi connectivity index (χ1n) is 10.4. The number of alkyl carbamates (subject to hydrolysis) is 1.